The van der Waals surface area contributed by atoms with Gasteiger partial charge in [-0.3, -0.25) is 9.59 Å². The topological polar surface area (TPSA) is 134 Å². The number of phenolic OH excluding ortho intramolecular Hbond substituents is 2. The first-order valence-corrected chi connectivity index (χ1v) is 34.5. The zero-order valence-electron chi connectivity index (χ0n) is 52.3. The number of benzene rings is 3. The van der Waals surface area contributed by atoms with Crippen LogP contribution in [0, 0.1) is 56.9 Å². The summed E-state index contributed by atoms with van der Waals surface area (Å²) in [6.07, 6.45) is 22.8. The molecule has 0 bridgehead atoms. The Balaban J connectivity index is 0.000000168. The maximum absolute atomic E-state index is 14.2. The van der Waals surface area contributed by atoms with Gasteiger partial charge in [-0.25, -0.2) is 13.2 Å². The molecule has 5 unspecified atom stereocenters. The highest BCUT2D eigenvalue weighted by Crippen LogP contribution is 2.63. The van der Waals surface area contributed by atoms with E-state index in [9.17, 15) is 43.2 Å². The van der Waals surface area contributed by atoms with Crippen LogP contribution in [0.25, 0.3) is 0 Å². The Kier molecular flexibility index (Phi) is 22.5. The van der Waals surface area contributed by atoms with Crippen molar-refractivity contribution in [2.75, 3.05) is 61.9 Å². The molecule has 82 heavy (non-hydrogen) atoms. The molecule has 0 aliphatic heterocycles. The zero-order valence-corrected chi connectivity index (χ0v) is 54.9. The highest BCUT2D eigenvalue weighted by Gasteiger charge is 2.56. The number of halogens is 4. The van der Waals surface area contributed by atoms with Gasteiger partial charge < -0.3 is 39.6 Å². The maximum atomic E-state index is 14.2. The summed E-state index contributed by atoms with van der Waals surface area (Å²) < 4.78 is 48.0. The van der Waals surface area contributed by atoms with Gasteiger partial charge in [0.2, 0.25) is 8.32 Å². The molecule has 4 spiro atoms. The number of carbonyl (C=O) groups excluding carboxylic acids is 2. The second-order valence-electron chi connectivity index (χ2n) is 28.6. The third-order valence-corrected chi connectivity index (χ3v) is 25.1. The Morgan fingerprint density at radius 1 is 0.549 bits per heavy atom. The molecule has 5 atom stereocenters. The van der Waals surface area contributed by atoms with Crippen molar-refractivity contribution in [2.24, 2.45) is 39.4 Å². The summed E-state index contributed by atoms with van der Waals surface area (Å²) >= 11 is 3.16. The first-order chi connectivity index (χ1) is 38.2. The number of rotatable bonds is 10. The van der Waals surface area contributed by atoms with Gasteiger partial charge in [0.25, 0.3) is 0 Å². The van der Waals surface area contributed by atoms with Crippen LogP contribution in [0.2, 0.25) is 18.1 Å². The number of aromatic hydroxyl groups is 2. The summed E-state index contributed by atoms with van der Waals surface area (Å²) in [6.45, 7) is 17.3. The predicted octanol–water partition coefficient (Wildman–Crippen LogP) is 15.3. The number of aliphatic hydroxyl groups is 2. The second-order valence-corrected chi connectivity index (χ2v) is 34.2. The summed E-state index contributed by atoms with van der Waals surface area (Å²) in [6, 6.07) is 12.7. The monoisotopic (exact) mass is 1230 g/mol. The molecule has 460 valence electrons. The molecule has 8 aliphatic rings. The zero-order chi connectivity index (χ0) is 60.9. The van der Waals surface area contributed by atoms with Gasteiger partial charge in [-0.15, -0.1) is 0 Å². The summed E-state index contributed by atoms with van der Waals surface area (Å²) in [5.74, 6) is 0.981. The molecule has 4 N–H and O–H groups in total. The van der Waals surface area contributed by atoms with Gasteiger partial charge in [-0.05, 0) is 268 Å². The van der Waals surface area contributed by atoms with Crippen molar-refractivity contribution in [1.82, 2.24) is 14.7 Å². The Morgan fingerprint density at radius 3 is 1.30 bits per heavy atom. The fraction of sp³-hybridized carbons (Fsp3) is 0.701. The maximum Gasteiger partial charge on any atom is 0.250 e. The van der Waals surface area contributed by atoms with Crippen molar-refractivity contribution >= 4 is 35.8 Å². The van der Waals surface area contributed by atoms with Gasteiger partial charge in [-0.2, -0.15) is 0 Å². The summed E-state index contributed by atoms with van der Waals surface area (Å²) in [5.41, 5.74) is 0.236. The lowest BCUT2D eigenvalue weighted by Gasteiger charge is -2.45. The first-order valence-electron chi connectivity index (χ1n) is 30.8. The lowest BCUT2D eigenvalue weighted by molar-refractivity contribution is -0.126. The van der Waals surface area contributed by atoms with Crippen LogP contribution < -0.4 is 4.43 Å². The molecule has 8 aliphatic carbocycles. The molecule has 0 radical (unpaired) electrons. The Morgan fingerprint density at radius 2 is 0.927 bits per heavy atom. The van der Waals surface area contributed by atoms with Crippen molar-refractivity contribution in [3.05, 3.63) is 87.6 Å². The molecule has 0 saturated heterocycles. The van der Waals surface area contributed by atoms with E-state index in [2.05, 4.69) is 78.6 Å². The van der Waals surface area contributed by atoms with E-state index in [1.165, 1.54) is 120 Å². The van der Waals surface area contributed by atoms with Gasteiger partial charge in [-0.1, -0.05) is 34.6 Å². The molecule has 8 saturated carbocycles. The Labute approximate surface area is 500 Å². The quantitative estimate of drug-likeness (QED) is 0.145. The highest BCUT2D eigenvalue weighted by atomic mass is 79.9. The Bertz CT molecular complexity index is 2520. The number of phenols is 2. The van der Waals surface area contributed by atoms with Crippen LogP contribution in [0.15, 0.2) is 59.1 Å². The van der Waals surface area contributed by atoms with E-state index in [-0.39, 0.29) is 45.3 Å². The van der Waals surface area contributed by atoms with Crippen LogP contribution in [0.1, 0.15) is 181 Å². The molecular formula is C67H103BrF3N3O7Si. The van der Waals surface area contributed by atoms with Crippen LogP contribution >= 0.6 is 15.9 Å². The molecule has 11 rings (SSSR count). The predicted molar refractivity (Wildman–Crippen MR) is 330 cm³/mol. The average molecular weight is 1230 g/mol. The van der Waals surface area contributed by atoms with Crippen molar-refractivity contribution in [1.29, 1.82) is 0 Å². The molecule has 3 aromatic carbocycles. The summed E-state index contributed by atoms with van der Waals surface area (Å²) in [5, 5.41) is 42.0. The number of ketones is 2. The molecule has 10 nitrogen and oxygen atoms in total. The second kappa shape index (κ2) is 27.2. The van der Waals surface area contributed by atoms with E-state index >= 15 is 0 Å². The molecule has 8 fully saturated rings. The minimum absolute atomic E-state index is 0.0000463. The van der Waals surface area contributed by atoms with E-state index in [0.717, 1.165) is 70.3 Å². The molecule has 0 aromatic heterocycles. The van der Waals surface area contributed by atoms with Crippen molar-refractivity contribution in [3.8, 4) is 17.2 Å². The number of hydrogen-bond donors (Lipinski definition) is 4. The SMILES string of the molecule is CC.CC(C)(C)[Si](C)(C)Oc1ccc(F)c(Br)c1.CN(C)CC1CC2(CC2)CCC1(O)c1cc(O)ccc1F.CN(C)CC1CC2(CC2)CCC1(O)c1cc(O)ccc1F.CN(C)CC1CC2(CCC1=O)CC2.O=C1CCC2(CC1)CC2. The minimum atomic E-state index is -1.83. The summed E-state index contributed by atoms with van der Waals surface area (Å²) in [7, 11) is 10.2. The van der Waals surface area contributed by atoms with Gasteiger partial charge in [0.15, 0.2) is 0 Å². The lowest BCUT2D eigenvalue weighted by atomic mass is 9.66. The smallest absolute Gasteiger partial charge is 0.250 e. The van der Waals surface area contributed by atoms with E-state index in [4.69, 9.17) is 4.43 Å². The number of carbonyl (C=O) groups is 2. The van der Waals surface area contributed by atoms with E-state index < -0.39 is 31.2 Å². The van der Waals surface area contributed by atoms with Crippen LogP contribution in [0.3, 0.4) is 0 Å². The lowest BCUT2D eigenvalue weighted by Crippen LogP contribution is -2.46. The largest absolute Gasteiger partial charge is 0.543 e. The molecule has 0 heterocycles. The highest BCUT2D eigenvalue weighted by molar-refractivity contribution is 9.10. The van der Waals surface area contributed by atoms with Crippen molar-refractivity contribution in [2.45, 2.75) is 199 Å². The van der Waals surface area contributed by atoms with Crippen LogP contribution in [0.4, 0.5) is 13.2 Å². The molecular weight excluding hydrogens is 1120 g/mol. The fourth-order valence-electron chi connectivity index (χ4n) is 13.2. The van der Waals surface area contributed by atoms with Gasteiger partial charge >= 0.3 is 0 Å². The van der Waals surface area contributed by atoms with Crippen LogP contribution in [-0.4, -0.2) is 117 Å². The van der Waals surface area contributed by atoms with Crippen molar-refractivity contribution in [3.63, 3.8) is 0 Å². The van der Waals surface area contributed by atoms with E-state index in [1.807, 2.05) is 42.0 Å². The van der Waals surface area contributed by atoms with Crippen LogP contribution in [-0.2, 0) is 20.8 Å². The van der Waals surface area contributed by atoms with E-state index in [1.54, 1.807) is 12.1 Å². The molecule has 0 amide bonds. The van der Waals surface area contributed by atoms with Gasteiger partial charge in [0.1, 0.15) is 46.3 Å². The minimum Gasteiger partial charge on any atom is -0.543 e. The van der Waals surface area contributed by atoms with Crippen molar-refractivity contribution < 1.29 is 47.6 Å². The number of Topliss-reactive ketones (excluding diaryl/α,β-unsaturated/α-hetero) is 2. The fourth-order valence-corrected chi connectivity index (χ4v) is 14.6. The number of hydrogen-bond acceptors (Lipinski definition) is 10. The normalized spacial score (nSPS) is 26.7. The standard InChI is InChI=1S/2C17H24FNO2.C12H18BrFOSi.C11H19NO.C8H12O.C2H6/c2*1-19(2)11-12-10-16(5-6-16)7-8-17(12,21)14-9-13(20)3-4-15(14)18;1-12(2,3)16(4,5)15-9-6-7-11(14)10(13)8-9;1-12(2)8-9-7-11(5-6-11)4-3-10(9)13;9-7-1-3-8(4-2-7)5-6-8;1-2/h2*3-4,9,12,20-21H,5-8,10-11H2,1-2H3;6-8H,1-5H3;9H,3-8H2,1-2H3;1-6H2;1-2H3. The molecule has 3 aromatic rings. The third kappa shape index (κ3) is 17.9. The average Bonchev–Trinajstić information content (AvgIpc) is 4.46. The molecule has 15 heteroatoms. The van der Waals surface area contributed by atoms with Crippen LogP contribution in [0.5, 0.6) is 17.2 Å². The number of nitrogens with zero attached hydrogens (tertiary/aromatic N) is 3. The van der Waals surface area contributed by atoms with Gasteiger partial charge in [0, 0.05) is 67.8 Å². The summed E-state index contributed by atoms with van der Waals surface area (Å²) in [4.78, 5) is 28.6. The van der Waals surface area contributed by atoms with Gasteiger partial charge in [0.05, 0.1) is 15.7 Å². The first kappa shape index (κ1) is 67.8. The third-order valence-electron chi connectivity index (χ3n) is 20.2. The Hall–Kier alpha value is -3.31. The van der Waals surface area contributed by atoms with E-state index in [0.29, 0.717) is 56.5 Å².